The first-order chi connectivity index (χ1) is 7.58. The zero-order valence-electron chi connectivity index (χ0n) is 11.5. The predicted molar refractivity (Wildman–Crippen MR) is 72.2 cm³/mol. The first-order valence-corrected chi connectivity index (χ1v) is 6.17. The first-order valence-electron chi connectivity index (χ1n) is 5.70. The van der Waals surface area contributed by atoms with Crippen LogP contribution in [0.4, 0.5) is 0 Å². The van der Waals surface area contributed by atoms with Gasteiger partial charge in [0.15, 0.2) is 0 Å². The second kappa shape index (κ2) is 6.19. The Balaban J connectivity index is 4.90. The molecular weight excluding hydrogens is 236 g/mol. The van der Waals surface area contributed by atoms with E-state index < -0.39 is 11.7 Å². The van der Waals surface area contributed by atoms with Crippen molar-refractivity contribution in [3.8, 4) is 0 Å². The Bertz CT molecular complexity index is 308. The molecule has 0 aliphatic rings. The molecule has 0 aromatic carbocycles. The van der Waals surface area contributed by atoms with Crippen LogP contribution in [0.2, 0.25) is 0 Å². The lowest BCUT2D eigenvalue weighted by molar-refractivity contribution is -0.150. The van der Waals surface area contributed by atoms with E-state index in [4.69, 9.17) is 4.74 Å². The number of nitrogens with zero attached hydrogens (tertiary/aromatic N) is 2. The van der Waals surface area contributed by atoms with Gasteiger partial charge in [-0.3, -0.25) is 0 Å². The van der Waals surface area contributed by atoms with E-state index in [1.54, 1.807) is 6.92 Å². The molecule has 0 aliphatic heterocycles. The van der Waals surface area contributed by atoms with Gasteiger partial charge >= 0.3 is 5.97 Å². The maximum atomic E-state index is 11.2. The van der Waals surface area contributed by atoms with E-state index >= 15 is 0 Å². The standard InChI is InChI=1S/C12H22N2O2S/c1-9(2)7-12(6,16-10(15)8-17)14-13-11(3,4)5/h8-9H,7H2,1-6H3. The van der Waals surface area contributed by atoms with Crippen molar-refractivity contribution in [1.29, 1.82) is 0 Å². The lowest BCUT2D eigenvalue weighted by Gasteiger charge is -2.26. The molecular formula is C12H22N2O2S. The molecule has 0 aromatic rings. The van der Waals surface area contributed by atoms with Gasteiger partial charge < -0.3 is 4.74 Å². The number of hydrogen-bond donors (Lipinski definition) is 0. The van der Waals surface area contributed by atoms with Crippen LogP contribution in [0.1, 0.15) is 48.0 Å². The number of rotatable bonds is 5. The average molecular weight is 258 g/mol. The van der Waals surface area contributed by atoms with Crippen molar-refractivity contribution < 1.29 is 9.53 Å². The molecule has 1 unspecified atom stereocenters. The van der Waals surface area contributed by atoms with Gasteiger partial charge in [-0.15, -0.1) is 5.11 Å². The van der Waals surface area contributed by atoms with E-state index in [1.165, 1.54) is 0 Å². The molecule has 0 aliphatic carbocycles. The summed E-state index contributed by atoms with van der Waals surface area (Å²) in [5.41, 5.74) is -1.23. The summed E-state index contributed by atoms with van der Waals surface area (Å²) in [5.74, 6) is -0.201. The molecule has 0 rings (SSSR count). The normalized spacial score (nSPS) is 15.9. The van der Waals surface area contributed by atoms with E-state index in [0.29, 0.717) is 12.3 Å². The fraction of sp³-hybridized carbons (Fsp3) is 0.833. The van der Waals surface area contributed by atoms with Crippen LogP contribution in [-0.2, 0) is 9.53 Å². The molecule has 0 radical (unpaired) electrons. The molecule has 0 spiro atoms. The minimum absolute atomic E-state index is 0.289. The van der Waals surface area contributed by atoms with Crippen LogP contribution >= 0.6 is 12.2 Å². The van der Waals surface area contributed by atoms with Gasteiger partial charge in [0.2, 0.25) is 5.72 Å². The number of esters is 1. The van der Waals surface area contributed by atoms with Crippen molar-refractivity contribution >= 4 is 23.6 Å². The Labute approximate surface area is 109 Å². The summed E-state index contributed by atoms with van der Waals surface area (Å²) in [5, 5.41) is 9.32. The summed E-state index contributed by atoms with van der Waals surface area (Å²) in [6.07, 6.45) is 0.613. The zero-order valence-corrected chi connectivity index (χ0v) is 12.3. The highest BCUT2D eigenvalue weighted by Crippen LogP contribution is 2.24. The third kappa shape index (κ3) is 7.96. The molecule has 0 amide bonds. The van der Waals surface area contributed by atoms with Crippen LogP contribution < -0.4 is 0 Å². The quantitative estimate of drug-likeness (QED) is 0.430. The van der Waals surface area contributed by atoms with Crippen molar-refractivity contribution in [2.45, 2.75) is 59.2 Å². The van der Waals surface area contributed by atoms with Gasteiger partial charge in [0, 0.05) is 6.42 Å². The van der Waals surface area contributed by atoms with Crippen molar-refractivity contribution in [3.05, 3.63) is 0 Å². The highest BCUT2D eigenvalue weighted by Gasteiger charge is 2.29. The fourth-order valence-electron chi connectivity index (χ4n) is 1.36. The third-order valence-electron chi connectivity index (χ3n) is 1.77. The summed E-state index contributed by atoms with van der Waals surface area (Å²) >= 11 is 4.54. The molecule has 5 heteroatoms. The molecule has 1 atom stereocenters. The molecule has 0 saturated carbocycles. The number of azo groups is 1. The van der Waals surface area contributed by atoms with Crippen molar-refractivity contribution in [2.75, 3.05) is 0 Å². The van der Waals surface area contributed by atoms with Gasteiger partial charge in [-0.05, 0) is 33.6 Å². The minimum atomic E-state index is -0.937. The Morgan fingerprint density at radius 2 is 1.82 bits per heavy atom. The zero-order chi connectivity index (χ0) is 13.7. The third-order valence-corrected chi connectivity index (χ3v) is 1.96. The Morgan fingerprint density at radius 3 is 2.18 bits per heavy atom. The monoisotopic (exact) mass is 258 g/mol. The molecule has 0 N–H and O–H groups in total. The summed E-state index contributed by atoms with van der Waals surface area (Å²) in [4.78, 5) is 11.2. The van der Waals surface area contributed by atoms with Crippen LogP contribution in [-0.4, -0.2) is 22.6 Å². The highest BCUT2D eigenvalue weighted by molar-refractivity contribution is 7.80. The van der Waals surface area contributed by atoms with Gasteiger partial charge in [-0.25, -0.2) is 4.79 Å². The second-order valence-corrected chi connectivity index (χ2v) is 5.92. The molecule has 0 fully saturated rings. The molecule has 0 heterocycles. The predicted octanol–water partition coefficient (Wildman–Crippen LogP) is 3.54. The summed E-state index contributed by atoms with van der Waals surface area (Å²) in [6.45, 7) is 11.6. The number of carbonyl (C=O) groups is 1. The van der Waals surface area contributed by atoms with E-state index in [-0.39, 0.29) is 5.54 Å². The molecule has 17 heavy (non-hydrogen) atoms. The van der Waals surface area contributed by atoms with Gasteiger partial charge in [0.05, 0.1) is 10.9 Å². The topological polar surface area (TPSA) is 51.0 Å². The van der Waals surface area contributed by atoms with E-state index in [0.717, 1.165) is 5.37 Å². The minimum Gasteiger partial charge on any atom is -0.432 e. The van der Waals surface area contributed by atoms with Crippen LogP contribution in [0.25, 0.3) is 0 Å². The fourth-order valence-corrected chi connectivity index (χ4v) is 1.41. The number of ether oxygens (including phenoxy) is 1. The van der Waals surface area contributed by atoms with Gasteiger partial charge in [0.1, 0.15) is 0 Å². The van der Waals surface area contributed by atoms with Crippen molar-refractivity contribution in [1.82, 2.24) is 0 Å². The number of thiocarbonyl (C=S) groups is 1. The van der Waals surface area contributed by atoms with E-state index in [1.807, 2.05) is 34.6 Å². The van der Waals surface area contributed by atoms with E-state index in [9.17, 15) is 4.79 Å². The van der Waals surface area contributed by atoms with Crippen LogP contribution in [0, 0.1) is 5.92 Å². The summed E-state index contributed by atoms with van der Waals surface area (Å²) in [6, 6.07) is 0. The van der Waals surface area contributed by atoms with Crippen LogP contribution in [0.15, 0.2) is 10.2 Å². The second-order valence-electron chi connectivity index (χ2n) is 5.68. The molecule has 0 bridgehead atoms. The lowest BCUT2D eigenvalue weighted by Crippen LogP contribution is -2.32. The lowest BCUT2D eigenvalue weighted by atomic mass is 10.0. The number of carbonyl (C=O) groups excluding carboxylic acids is 1. The first kappa shape index (κ1) is 16.2. The van der Waals surface area contributed by atoms with Crippen LogP contribution in [0.3, 0.4) is 0 Å². The smallest absolute Gasteiger partial charge is 0.343 e. The van der Waals surface area contributed by atoms with Crippen molar-refractivity contribution in [3.63, 3.8) is 0 Å². The van der Waals surface area contributed by atoms with E-state index in [2.05, 4.69) is 22.4 Å². The SMILES string of the molecule is CC(C)CC(C)(N=NC(C)(C)C)OC(=O)C=S. The maximum absolute atomic E-state index is 11.2. The average Bonchev–Trinajstić information content (AvgIpc) is 2.12. The maximum Gasteiger partial charge on any atom is 0.343 e. The molecule has 98 valence electrons. The largest absolute Gasteiger partial charge is 0.432 e. The summed E-state index contributed by atoms with van der Waals surface area (Å²) in [7, 11) is 0. The Hall–Kier alpha value is -0.840. The molecule has 4 nitrogen and oxygen atoms in total. The Kier molecular flexibility index (Phi) is 5.88. The molecule has 0 saturated heterocycles. The Morgan fingerprint density at radius 1 is 1.29 bits per heavy atom. The van der Waals surface area contributed by atoms with Gasteiger partial charge in [0.25, 0.3) is 0 Å². The number of hydrogen-bond acceptors (Lipinski definition) is 5. The van der Waals surface area contributed by atoms with Crippen molar-refractivity contribution in [2.24, 2.45) is 16.1 Å². The van der Waals surface area contributed by atoms with Gasteiger partial charge in [-0.1, -0.05) is 26.1 Å². The van der Waals surface area contributed by atoms with Gasteiger partial charge in [-0.2, -0.15) is 5.11 Å². The summed E-state index contributed by atoms with van der Waals surface area (Å²) < 4.78 is 5.23. The van der Waals surface area contributed by atoms with Crippen LogP contribution in [0.5, 0.6) is 0 Å². The molecule has 0 aromatic heterocycles. The highest BCUT2D eigenvalue weighted by atomic mass is 32.1.